The standard InChI is InChI=1S/C9H13N2O3/c1-4-14-9(12)8-6(2)10-5-11(13)7(8)3/h5,13H,4H2,1-3H3/q+1. The second kappa shape index (κ2) is 4.04. The van der Waals surface area contributed by atoms with E-state index in [1.165, 1.54) is 6.33 Å². The van der Waals surface area contributed by atoms with E-state index < -0.39 is 5.97 Å². The number of aromatic nitrogens is 2. The molecule has 0 saturated carbocycles. The van der Waals surface area contributed by atoms with E-state index in [4.69, 9.17) is 4.74 Å². The number of carbonyl (C=O) groups excluding carboxylic acids is 1. The van der Waals surface area contributed by atoms with Crippen molar-refractivity contribution in [1.82, 2.24) is 4.98 Å². The Balaban J connectivity index is 3.18. The van der Waals surface area contributed by atoms with Crippen molar-refractivity contribution in [2.24, 2.45) is 0 Å². The number of hydrogen-bond acceptors (Lipinski definition) is 4. The number of aryl methyl sites for hydroxylation is 1. The fourth-order valence-corrected chi connectivity index (χ4v) is 1.17. The van der Waals surface area contributed by atoms with Gasteiger partial charge in [0.1, 0.15) is 0 Å². The molecule has 5 nitrogen and oxygen atoms in total. The third-order valence-corrected chi connectivity index (χ3v) is 1.91. The summed E-state index contributed by atoms with van der Waals surface area (Å²) < 4.78 is 5.65. The molecular weight excluding hydrogens is 184 g/mol. The van der Waals surface area contributed by atoms with Gasteiger partial charge in [-0.3, -0.25) is 0 Å². The maximum Gasteiger partial charge on any atom is 0.346 e. The number of ether oxygens (including phenoxy) is 1. The van der Waals surface area contributed by atoms with Gasteiger partial charge in [0, 0.05) is 13.8 Å². The van der Waals surface area contributed by atoms with E-state index in [-0.39, 0.29) is 0 Å². The highest BCUT2D eigenvalue weighted by molar-refractivity contribution is 5.91. The lowest BCUT2D eigenvalue weighted by Crippen LogP contribution is -2.37. The summed E-state index contributed by atoms with van der Waals surface area (Å²) in [5, 5.41) is 9.29. The van der Waals surface area contributed by atoms with E-state index in [1.807, 2.05) is 0 Å². The highest BCUT2D eigenvalue weighted by Crippen LogP contribution is 2.08. The Hall–Kier alpha value is -1.65. The van der Waals surface area contributed by atoms with Gasteiger partial charge in [-0.05, 0) is 11.9 Å². The van der Waals surface area contributed by atoms with Crippen LogP contribution in [0.3, 0.4) is 0 Å². The van der Waals surface area contributed by atoms with Crippen LogP contribution >= 0.6 is 0 Å². The predicted octanol–water partition coefficient (Wildman–Crippen LogP) is 0.400. The number of hydrogen-bond donors (Lipinski definition) is 1. The first kappa shape index (κ1) is 10.4. The van der Waals surface area contributed by atoms with Crippen molar-refractivity contribution in [2.75, 3.05) is 6.61 Å². The van der Waals surface area contributed by atoms with Gasteiger partial charge in [-0.1, -0.05) is 4.73 Å². The summed E-state index contributed by atoms with van der Waals surface area (Å²) in [5.41, 5.74) is 1.29. The number of esters is 1. The summed E-state index contributed by atoms with van der Waals surface area (Å²) in [6.45, 7) is 5.35. The zero-order chi connectivity index (χ0) is 10.7. The fraction of sp³-hybridized carbons (Fsp3) is 0.444. The van der Waals surface area contributed by atoms with Crippen LogP contribution in [0.25, 0.3) is 0 Å². The summed E-state index contributed by atoms with van der Waals surface area (Å²) in [6.07, 6.45) is 1.24. The average molecular weight is 197 g/mol. The molecule has 1 N–H and O–H groups in total. The van der Waals surface area contributed by atoms with E-state index in [2.05, 4.69) is 4.98 Å². The molecule has 1 aromatic rings. The predicted molar refractivity (Wildman–Crippen MR) is 47.0 cm³/mol. The van der Waals surface area contributed by atoms with Crippen LogP contribution in [0, 0.1) is 13.8 Å². The highest BCUT2D eigenvalue weighted by atomic mass is 16.5. The molecule has 1 rings (SSSR count). The van der Waals surface area contributed by atoms with Crippen LogP contribution in [-0.2, 0) is 4.74 Å². The lowest BCUT2D eigenvalue weighted by molar-refractivity contribution is -0.910. The Morgan fingerprint density at radius 1 is 1.64 bits per heavy atom. The lowest BCUT2D eigenvalue weighted by atomic mass is 10.2. The first-order chi connectivity index (χ1) is 6.57. The molecule has 0 saturated heterocycles. The Bertz CT molecular complexity index is 363. The van der Waals surface area contributed by atoms with Crippen molar-refractivity contribution in [3.63, 3.8) is 0 Å². The molecule has 0 unspecified atom stereocenters. The van der Waals surface area contributed by atoms with Crippen molar-refractivity contribution >= 4 is 5.97 Å². The number of carbonyl (C=O) groups is 1. The van der Waals surface area contributed by atoms with Crippen LogP contribution in [0.4, 0.5) is 0 Å². The van der Waals surface area contributed by atoms with Gasteiger partial charge in [-0.2, -0.15) is 0 Å². The van der Waals surface area contributed by atoms with Crippen LogP contribution in [-0.4, -0.2) is 22.8 Å². The van der Waals surface area contributed by atoms with Gasteiger partial charge in [0.25, 0.3) is 0 Å². The minimum Gasteiger partial charge on any atom is -0.462 e. The monoisotopic (exact) mass is 197 g/mol. The van der Waals surface area contributed by atoms with Crippen LogP contribution in [0.1, 0.15) is 28.7 Å². The normalized spacial score (nSPS) is 9.93. The molecule has 1 aromatic heterocycles. The van der Waals surface area contributed by atoms with E-state index in [0.717, 1.165) is 4.73 Å². The molecule has 0 amide bonds. The van der Waals surface area contributed by atoms with Crippen molar-refractivity contribution in [2.45, 2.75) is 20.8 Å². The zero-order valence-corrected chi connectivity index (χ0v) is 8.44. The van der Waals surface area contributed by atoms with Gasteiger partial charge < -0.3 is 9.94 Å². The van der Waals surface area contributed by atoms with Crippen molar-refractivity contribution in [3.8, 4) is 0 Å². The molecule has 76 valence electrons. The maximum atomic E-state index is 11.5. The number of nitrogens with zero attached hydrogens (tertiary/aromatic N) is 2. The smallest absolute Gasteiger partial charge is 0.346 e. The van der Waals surface area contributed by atoms with E-state index >= 15 is 0 Å². The first-order valence-corrected chi connectivity index (χ1v) is 4.32. The average Bonchev–Trinajstić information content (AvgIpc) is 2.13. The third kappa shape index (κ3) is 1.81. The van der Waals surface area contributed by atoms with Gasteiger partial charge >= 0.3 is 12.3 Å². The Morgan fingerprint density at radius 3 is 2.86 bits per heavy atom. The summed E-state index contributed by atoms with van der Waals surface area (Å²) in [5.74, 6) is -0.460. The summed E-state index contributed by atoms with van der Waals surface area (Å²) in [7, 11) is 0. The largest absolute Gasteiger partial charge is 0.462 e. The summed E-state index contributed by atoms with van der Waals surface area (Å²) in [6, 6.07) is 0. The Labute approximate surface area is 81.9 Å². The second-order valence-electron chi connectivity index (χ2n) is 2.86. The molecule has 5 heteroatoms. The van der Waals surface area contributed by atoms with Gasteiger partial charge in [0.2, 0.25) is 0 Å². The van der Waals surface area contributed by atoms with Crippen molar-refractivity contribution < 1.29 is 19.5 Å². The first-order valence-electron chi connectivity index (χ1n) is 4.32. The minimum atomic E-state index is -0.460. The zero-order valence-electron chi connectivity index (χ0n) is 8.44. The van der Waals surface area contributed by atoms with Crippen LogP contribution in [0.5, 0.6) is 0 Å². The SMILES string of the molecule is CCOC(=O)c1c(C)nc[n+](O)c1C. The molecule has 0 fully saturated rings. The molecule has 0 radical (unpaired) electrons. The maximum absolute atomic E-state index is 11.5. The summed E-state index contributed by atoms with van der Waals surface area (Å²) in [4.78, 5) is 15.3. The van der Waals surface area contributed by atoms with E-state index in [1.54, 1.807) is 20.8 Å². The third-order valence-electron chi connectivity index (χ3n) is 1.91. The van der Waals surface area contributed by atoms with E-state index in [0.29, 0.717) is 23.6 Å². The molecule has 1 heterocycles. The lowest BCUT2D eigenvalue weighted by Gasteiger charge is -2.03. The molecule has 0 atom stereocenters. The Morgan fingerprint density at radius 2 is 2.29 bits per heavy atom. The Kier molecular flexibility index (Phi) is 3.01. The van der Waals surface area contributed by atoms with Gasteiger partial charge in [-0.15, -0.1) is 0 Å². The van der Waals surface area contributed by atoms with Crippen molar-refractivity contribution in [3.05, 3.63) is 23.3 Å². The topological polar surface area (TPSA) is 63.3 Å². The number of rotatable bonds is 2. The minimum absolute atomic E-state index is 0.304. The summed E-state index contributed by atoms with van der Waals surface area (Å²) >= 11 is 0. The molecule has 0 spiro atoms. The van der Waals surface area contributed by atoms with Crippen LogP contribution < -0.4 is 4.73 Å². The van der Waals surface area contributed by atoms with Crippen LogP contribution in [0.2, 0.25) is 0 Å². The fourth-order valence-electron chi connectivity index (χ4n) is 1.17. The molecule has 0 bridgehead atoms. The molecule has 0 aliphatic carbocycles. The highest BCUT2D eigenvalue weighted by Gasteiger charge is 2.22. The van der Waals surface area contributed by atoms with Crippen molar-refractivity contribution in [1.29, 1.82) is 0 Å². The van der Waals surface area contributed by atoms with Gasteiger partial charge in [-0.25, -0.2) is 4.79 Å². The van der Waals surface area contributed by atoms with E-state index in [9.17, 15) is 10.0 Å². The van der Waals surface area contributed by atoms with Gasteiger partial charge in [0.15, 0.2) is 17.0 Å². The second-order valence-corrected chi connectivity index (χ2v) is 2.86. The van der Waals surface area contributed by atoms with Gasteiger partial charge in [0.05, 0.1) is 6.61 Å². The van der Waals surface area contributed by atoms with Crippen LogP contribution in [0.15, 0.2) is 6.33 Å². The molecular formula is C9H13N2O3+. The molecule has 0 aromatic carbocycles. The molecule has 14 heavy (non-hydrogen) atoms. The molecule has 0 aliphatic rings. The quantitative estimate of drug-likeness (QED) is 0.423. The molecule has 0 aliphatic heterocycles.